The molecular formula is C27H31F4N7O. The molecule has 0 aliphatic carbocycles. The number of carbonyl (C=O) groups excluding carboxylic acids is 1. The number of aromatic nitrogens is 4. The number of benzene rings is 1. The lowest BCUT2D eigenvalue weighted by Gasteiger charge is -2.33. The molecule has 1 saturated heterocycles. The number of anilines is 2. The van der Waals surface area contributed by atoms with Gasteiger partial charge in [-0.2, -0.15) is 13.2 Å². The zero-order valence-corrected chi connectivity index (χ0v) is 22.1. The number of imidazole rings is 1. The number of halogens is 4. The van der Waals surface area contributed by atoms with Crippen molar-refractivity contribution in [1.29, 1.82) is 0 Å². The fraction of sp³-hybridized carbons (Fsp3) is 0.481. The van der Waals surface area contributed by atoms with Crippen molar-refractivity contribution in [3.8, 4) is 11.3 Å². The number of hydrogen-bond donors (Lipinski definition) is 2. The van der Waals surface area contributed by atoms with Crippen LogP contribution in [-0.2, 0) is 23.9 Å². The third-order valence-electron chi connectivity index (χ3n) is 7.06. The van der Waals surface area contributed by atoms with Gasteiger partial charge in [0.25, 0.3) is 0 Å². The first-order chi connectivity index (χ1) is 18.4. The number of alkyl halides is 3. The monoisotopic (exact) mass is 545 g/mol. The molecule has 2 aliphatic rings. The molecule has 0 radical (unpaired) electrons. The molecule has 2 N–H and O–H groups in total. The summed E-state index contributed by atoms with van der Waals surface area (Å²) < 4.78 is 56.0. The van der Waals surface area contributed by atoms with Gasteiger partial charge in [-0.05, 0) is 51.8 Å². The molecule has 1 fully saturated rings. The minimum atomic E-state index is -4.80. The highest BCUT2D eigenvalue weighted by Crippen LogP contribution is 2.37. The molecule has 0 atom stereocenters. The minimum Gasteiger partial charge on any atom is -0.356 e. The maximum atomic E-state index is 13.9. The number of carbonyl (C=O) groups is 1. The molecule has 1 amide bonds. The molecule has 12 heteroatoms. The lowest BCUT2D eigenvalue weighted by molar-refractivity contribution is -0.140. The van der Waals surface area contributed by atoms with Gasteiger partial charge >= 0.3 is 6.18 Å². The summed E-state index contributed by atoms with van der Waals surface area (Å²) in [7, 11) is 0. The second-order valence-corrected chi connectivity index (χ2v) is 11.1. The van der Waals surface area contributed by atoms with Crippen LogP contribution in [0.4, 0.5) is 29.2 Å². The van der Waals surface area contributed by atoms with Crippen LogP contribution in [0.15, 0.2) is 30.7 Å². The summed E-state index contributed by atoms with van der Waals surface area (Å²) in [5.41, 5.74) is 0.00566. The summed E-state index contributed by atoms with van der Waals surface area (Å²) >= 11 is 0. The summed E-state index contributed by atoms with van der Waals surface area (Å²) in [4.78, 5) is 27.4. The highest BCUT2D eigenvalue weighted by atomic mass is 19.4. The van der Waals surface area contributed by atoms with E-state index in [-0.39, 0.29) is 29.3 Å². The zero-order chi connectivity index (χ0) is 27.9. The third-order valence-corrected chi connectivity index (χ3v) is 7.06. The summed E-state index contributed by atoms with van der Waals surface area (Å²) in [5.74, 6) is 0.762. The van der Waals surface area contributed by atoms with Gasteiger partial charge in [-0.15, -0.1) is 0 Å². The maximum absolute atomic E-state index is 13.9. The zero-order valence-electron chi connectivity index (χ0n) is 22.1. The number of fused-ring (bicyclic) bond motifs is 1. The Bertz CT molecular complexity index is 1370. The van der Waals surface area contributed by atoms with Gasteiger partial charge in [-0.25, -0.2) is 19.3 Å². The number of amides is 1. The van der Waals surface area contributed by atoms with Crippen molar-refractivity contribution in [2.45, 2.75) is 64.2 Å². The van der Waals surface area contributed by atoms with E-state index in [1.165, 1.54) is 12.4 Å². The van der Waals surface area contributed by atoms with Crippen LogP contribution < -0.4 is 15.5 Å². The normalized spacial score (nSPS) is 16.5. The average molecular weight is 546 g/mol. The smallest absolute Gasteiger partial charge is 0.356 e. The van der Waals surface area contributed by atoms with Crippen LogP contribution >= 0.6 is 0 Å². The Balaban J connectivity index is 1.39. The molecule has 3 aromatic rings. The van der Waals surface area contributed by atoms with Crippen LogP contribution in [0, 0.1) is 5.82 Å². The van der Waals surface area contributed by atoms with E-state index in [4.69, 9.17) is 4.98 Å². The van der Waals surface area contributed by atoms with Crippen molar-refractivity contribution in [2.75, 3.05) is 29.9 Å². The van der Waals surface area contributed by atoms with E-state index in [9.17, 15) is 22.4 Å². The van der Waals surface area contributed by atoms with Crippen LogP contribution in [0.3, 0.4) is 0 Å². The predicted octanol–water partition coefficient (Wildman–Crippen LogP) is 4.76. The van der Waals surface area contributed by atoms with E-state index >= 15 is 0 Å². The largest absolute Gasteiger partial charge is 0.419 e. The first kappa shape index (κ1) is 27.0. The Morgan fingerprint density at radius 3 is 2.56 bits per heavy atom. The lowest BCUT2D eigenvalue weighted by Crippen LogP contribution is -2.38. The summed E-state index contributed by atoms with van der Waals surface area (Å²) in [6.07, 6.45) is 0.161. The molecule has 8 nitrogen and oxygen atoms in total. The van der Waals surface area contributed by atoms with Crippen LogP contribution in [0.25, 0.3) is 11.3 Å². The Morgan fingerprint density at radius 2 is 1.87 bits per heavy atom. The van der Waals surface area contributed by atoms with Gasteiger partial charge in [0.1, 0.15) is 29.6 Å². The molecule has 0 unspecified atom stereocenters. The molecule has 5 rings (SSSR count). The van der Waals surface area contributed by atoms with E-state index in [0.29, 0.717) is 37.7 Å². The Labute approximate surface area is 223 Å². The second-order valence-electron chi connectivity index (χ2n) is 11.1. The van der Waals surface area contributed by atoms with Gasteiger partial charge < -0.3 is 20.1 Å². The maximum Gasteiger partial charge on any atom is 0.419 e. The second kappa shape index (κ2) is 10.2. The van der Waals surface area contributed by atoms with Crippen molar-refractivity contribution in [2.24, 2.45) is 0 Å². The number of nitrogens with one attached hydrogen (secondary N) is 2. The topological polar surface area (TPSA) is 88.0 Å². The molecule has 208 valence electrons. The summed E-state index contributed by atoms with van der Waals surface area (Å²) in [6.45, 7) is 8.78. The third kappa shape index (κ3) is 5.90. The van der Waals surface area contributed by atoms with E-state index in [2.05, 4.69) is 46.3 Å². The fourth-order valence-electron chi connectivity index (χ4n) is 5.16. The van der Waals surface area contributed by atoms with Crippen molar-refractivity contribution in [3.63, 3.8) is 0 Å². The number of nitrogens with zero attached hydrogens (tertiary/aromatic N) is 5. The van der Waals surface area contributed by atoms with Gasteiger partial charge in [0, 0.05) is 55.0 Å². The lowest BCUT2D eigenvalue weighted by atomic mass is 9.95. The van der Waals surface area contributed by atoms with E-state index in [1.54, 1.807) is 6.20 Å². The van der Waals surface area contributed by atoms with Crippen LogP contribution in [0.1, 0.15) is 56.5 Å². The minimum absolute atomic E-state index is 0.0711. The summed E-state index contributed by atoms with van der Waals surface area (Å²) in [5, 5.41) is 6.19. The molecule has 2 aliphatic heterocycles. The SMILES string of the molecule is CC(C)(C)NCCn1cc(-c2ccc(F)c(C(F)(F)F)c2)nc1C1CCN(c2ncnc3c2CC(=O)N3)CC1. The summed E-state index contributed by atoms with van der Waals surface area (Å²) in [6, 6.07) is 3.01. The van der Waals surface area contributed by atoms with Crippen molar-refractivity contribution in [3.05, 3.63) is 53.5 Å². The van der Waals surface area contributed by atoms with Crippen molar-refractivity contribution >= 4 is 17.5 Å². The van der Waals surface area contributed by atoms with Gasteiger partial charge in [-0.3, -0.25) is 4.79 Å². The predicted molar refractivity (Wildman–Crippen MR) is 139 cm³/mol. The first-order valence-electron chi connectivity index (χ1n) is 13.0. The molecule has 0 saturated carbocycles. The average Bonchev–Trinajstić information content (AvgIpc) is 3.46. The van der Waals surface area contributed by atoms with Crippen LogP contribution in [0.5, 0.6) is 0 Å². The standard InChI is InChI=1S/C27H31F4N7O/c1-26(2,3)34-8-11-38-14-21(17-4-5-20(28)19(12-17)27(29,30)31)35-24(38)16-6-9-37(10-7-16)25-18-13-22(39)36-23(18)32-15-33-25/h4-5,12,14-16,34H,6-11,13H2,1-3H3,(H,32,33,36,39). The van der Waals surface area contributed by atoms with Crippen molar-refractivity contribution < 1.29 is 22.4 Å². The quantitative estimate of drug-likeness (QED) is 0.434. The highest BCUT2D eigenvalue weighted by Gasteiger charge is 2.35. The first-order valence-corrected chi connectivity index (χ1v) is 13.0. The van der Waals surface area contributed by atoms with Crippen LogP contribution in [-0.4, -0.2) is 50.6 Å². The van der Waals surface area contributed by atoms with Crippen LogP contribution in [0.2, 0.25) is 0 Å². The van der Waals surface area contributed by atoms with E-state index < -0.39 is 17.6 Å². The Morgan fingerprint density at radius 1 is 1.13 bits per heavy atom. The Kier molecular flexibility index (Phi) is 7.08. The van der Waals surface area contributed by atoms with Gasteiger partial charge in [0.05, 0.1) is 17.7 Å². The number of hydrogen-bond acceptors (Lipinski definition) is 6. The van der Waals surface area contributed by atoms with E-state index in [1.807, 2.05) is 4.57 Å². The molecular weight excluding hydrogens is 514 g/mol. The molecule has 1 aromatic carbocycles. The molecule has 0 bridgehead atoms. The van der Waals surface area contributed by atoms with E-state index in [0.717, 1.165) is 42.2 Å². The molecule has 4 heterocycles. The van der Waals surface area contributed by atoms with Crippen molar-refractivity contribution in [1.82, 2.24) is 24.8 Å². The molecule has 0 spiro atoms. The molecule has 2 aromatic heterocycles. The van der Waals surface area contributed by atoms with Gasteiger partial charge in [0.2, 0.25) is 5.91 Å². The number of piperidine rings is 1. The molecule has 39 heavy (non-hydrogen) atoms. The van der Waals surface area contributed by atoms with Gasteiger partial charge in [-0.1, -0.05) is 0 Å². The highest BCUT2D eigenvalue weighted by molar-refractivity contribution is 5.99. The number of rotatable bonds is 6. The fourth-order valence-corrected chi connectivity index (χ4v) is 5.16. The van der Waals surface area contributed by atoms with Gasteiger partial charge in [0.15, 0.2) is 0 Å². The Hall–Kier alpha value is -3.54.